The van der Waals surface area contributed by atoms with Gasteiger partial charge in [0, 0.05) is 13.1 Å². The van der Waals surface area contributed by atoms with E-state index in [1.807, 2.05) is 0 Å². The molecule has 0 aromatic carbocycles. The number of guanidine groups is 1. The lowest BCUT2D eigenvalue weighted by molar-refractivity contribution is 0.266. The number of hydrazine groups is 1. The molecule has 1 atom stereocenters. The summed E-state index contributed by atoms with van der Waals surface area (Å²) in [6.45, 7) is 4.48. The van der Waals surface area contributed by atoms with Crippen molar-refractivity contribution in [3.05, 3.63) is 0 Å². The van der Waals surface area contributed by atoms with Gasteiger partial charge in [-0.25, -0.2) is 10.8 Å². The Hall–Kier alpha value is -0.770. The third-order valence-electron chi connectivity index (χ3n) is 2.94. The first kappa shape index (κ1) is 9.77. The van der Waals surface area contributed by atoms with E-state index in [9.17, 15) is 0 Å². The summed E-state index contributed by atoms with van der Waals surface area (Å²) in [6, 6.07) is 0.540. The predicted molar refractivity (Wildman–Crippen MR) is 57.8 cm³/mol. The third-order valence-corrected chi connectivity index (χ3v) is 2.94. The number of piperidine rings is 1. The second-order valence-electron chi connectivity index (χ2n) is 4.52. The molecule has 0 bridgehead atoms. The molecule has 0 aromatic heterocycles. The van der Waals surface area contributed by atoms with Gasteiger partial charge in [0.1, 0.15) is 0 Å². The number of rotatable bonds is 1. The fourth-order valence-electron chi connectivity index (χ4n) is 1.97. The Morgan fingerprint density at radius 3 is 2.79 bits per heavy atom. The minimum atomic E-state index is 0.540. The Bertz CT molecular complexity index is 222. The summed E-state index contributed by atoms with van der Waals surface area (Å²) in [5.41, 5.74) is 2.74. The lowest BCUT2D eigenvalue weighted by Gasteiger charge is -2.32. The number of hydrogen-bond acceptors (Lipinski definition) is 2. The molecule has 0 spiro atoms. The Balaban J connectivity index is 1.95. The van der Waals surface area contributed by atoms with Crippen LogP contribution in [0.5, 0.6) is 0 Å². The Morgan fingerprint density at radius 1 is 1.43 bits per heavy atom. The number of nitrogens with one attached hydrogen (secondary N) is 1. The van der Waals surface area contributed by atoms with Crippen molar-refractivity contribution in [2.75, 3.05) is 13.1 Å². The van der Waals surface area contributed by atoms with Crippen LogP contribution in [-0.4, -0.2) is 30.0 Å². The average Bonchev–Trinajstić information content (AvgIpc) is 2.98. The van der Waals surface area contributed by atoms with E-state index in [1.165, 1.54) is 25.7 Å². The zero-order chi connectivity index (χ0) is 9.97. The minimum Gasteiger partial charge on any atom is -0.342 e. The van der Waals surface area contributed by atoms with Crippen molar-refractivity contribution in [1.29, 1.82) is 0 Å². The third kappa shape index (κ3) is 2.38. The largest absolute Gasteiger partial charge is 0.342 e. The SMILES string of the molecule is CC1CCCN(C(=NC2CC2)NN)C1. The van der Waals surface area contributed by atoms with Crippen LogP contribution < -0.4 is 11.3 Å². The molecule has 0 aromatic rings. The molecule has 2 aliphatic rings. The van der Waals surface area contributed by atoms with Gasteiger partial charge >= 0.3 is 0 Å². The van der Waals surface area contributed by atoms with Crippen molar-refractivity contribution >= 4 is 5.96 Å². The van der Waals surface area contributed by atoms with Crippen LogP contribution in [0.25, 0.3) is 0 Å². The molecule has 1 saturated heterocycles. The summed E-state index contributed by atoms with van der Waals surface area (Å²) in [5, 5.41) is 0. The number of nitrogens with zero attached hydrogens (tertiary/aromatic N) is 2. The van der Waals surface area contributed by atoms with Crippen molar-refractivity contribution in [3.63, 3.8) is 0 Å². The molecule has 0 amide bonds. The zero-order valence-electron chi connectivity index (χ0n) is 8.87. The fourth-order valence-corrected chi connectivity index (χ4v) is 1.97. The molecule has 1 aliphatic heterocycles. The van der Waals surface area contributed by atoms with Crippen molar-refractivity contribution in [2.24, 2.45) is 16.8 Å². The van der Waals surface area contributed by atoms with Crippen molar-refractivity contribution in [2.45, 2.75) is 38.6 Å². The first-order valence-electron chi connectivity index (χ1n) is 5.59. The Kier molecular flexibility index (Phi) is 2.91. The van der Waals surface area contributed by atoms with Crippen LogP contribution in [0.15, 0.2) is 4.99 Å². The van der Waals surface area contributed by atoms with Gasteiger partial charge in [-0.1, -0.05) is 6.92 Å². The van der Waals surface area contributed by atoms with Gasteiger partial charge in [-0.05, 0) is 31.6 Å². The van der Waals surface area contributed by atoms with Gasteiger partial charge in [-0.2, -0.15) is 0 Å². The Labute approximate surface area is 85.5 Å². The summed E-state index contributed by atoms with van der Waals surface area (Å²) in [6.07, 6.45) is 5.05. The highest BCUT2D eigenvalue weighted by Gasteiger charge is 2.24. The topological polar surface area (TPSA) is 53.6 Å². The molecule has 1 unspecified atom stereocenters. The molecular formula is C10H20N4. The molecule has 4 heteroatoms. The first-order valence-corrected chi connectivity index (χ1v) is 5.59. The lowest BCUT2D eigenvalue weighted by atomic mass is 10.0. The maximum Gasteiger partial charge on any atom is 0.208 e. The van der Waals surface area contributed by atoms with Crippen molar-refractivity contribution in [1.82, 2.24) is 10.3 Å². The van der Waals surface area contributed by atoms with E-state index in [-0.39, 0.29) is 0 Å². The van der Waals surface area contributed by atoms with Gasteiger partial charge in [-0.15, -0.1) is 0 Å². The quantitative estimate of drug-likeness (QED) is 0.281. The van der Waals surface area contributed by atoms with Gasteiger partial charge in [0.2, 0.25) is 5.96 Å². The minimum absolute atomic E-state index is 0.540. The van der Waals surface area contributed by atoms with Gasteiger partial charge < -0.3 is 4.90 Å². The number of likely N-dealkylation sites (tertiary alicyclic amines) is 1. The second-order valence-corrected chi connectivity index (χ2v) is 4.52. The highest BCUT2D eigenvalue weighted by molar-refractivity contribution is 5.79. The first-order chi connectivity index (χ1) is 6.79. The maximum absolute atomic E-state index is 5.50. The summed E-state index contributed by atoms with van der Waals surface area (Å²) < 4.78 is 0. The van der Waals surface area contributed by atoms with Crippen LogP contribution in [0.4, 0.5) is 0 Å². The monoisotopic (exact) mass is 196 g/mol. The van der Waals surface area contributed by atoms with Crippen LogP contribution in [0.1, 0.15) is 32.6 Å². The highest BCUT2D eigenvalue weighted by Crippen LogP contribution is 2.24. The van der Waals surface area contributed by atoms with Crippen LogP contribution in [0.2, 0.25) is 0 Å². The molecule has 1 saturated carbocycles. The number of hydrogen-bond donors (Lipinski definition) is 2. The summed E-state index contributed by atoms with van der Waals surface area (Å²) in [5.74, 6) is 7.17. The molecule has 3 N–H and O–H groups in total. The molecule has 2 fully saturated rings. The van der Waals surface area contributed by atoms with Crippen LogP contribution in [0.3, 0.4) is 0 Å². The predicted octanol–water partition coefficient (Wildman–Crippen LogP) is 0.700. The summed E-state index contributed by atoms with van der Waals surface area (Å²) in [7, 11) is 0. The smallest absolute Gasteiger partial charge is 0.208 e. The standard InChI is InChI=1S/C10H20N4/c1-8-3-2-6-14(7-8)10(13-11)12-9-4-5-9/h8-9H,2-7,11H2,1H3,(H,12,13). The molecule has 4 nitrogen and oxygen atoms in total. The van der Waals surface area contributed by atoms with E-state index in [1.54, 1.807) is 0 Å². The summed E-state index contributed by atoms with van der Waals surface area (Å²) in [4.78, 5) is 6.86. The zero-order valence-corrected chi connectivity index (χ0v) is 8.87. The van der Waals surface area contributed by atoms with Crippen molar-refractivity contribution in [3.8, 4) is 0 Å². The molecule has 80 valence electrons. The summed E-state index contributed by atoms with van der Waals surface area (Å²) >= 11 is 0. The van der Waals surface area contributed by atoms with E-state index in [2.05, 4.69) is 22.2 Å². The molecule has 1 aliphatic carbocycles. The van der Waals surface area contributed by atoms with Gasteiger partial charge in [0.05, 0.1) is 6.04 Å². The van der Waals surface area contributed by atoms with E-state index >= 15 is 0 Å². The molecule has 2 rings (SSSR count). The number of aliphatic imine (C=N–C) groups is 1. The fraction of sp³-hybridized carbons (Fsp3) is 0.900. The second kappa shape index (κ2) is 4.17. The normalized spacial score (nSPS) is 29.1. The molecule has 1 heterocycles. The lowest BCUT2D eigenvalue weighted by Crippen LogP contribution is -2.48. The van der Waals surface area contributed by atoms with Crippen molar-refractivity contribution < 1.29 is 0 Å². The van der Waals surface area contributed by atoms with E-state index in [0.717, 1.165) is 25.0 Å². The van der Waals surface area contributed by atoms with E-state index in [0.29, 0.717) is 6.04 Å². The number of nitrogens with two attached hydrogens (primary N) is 1. The van der Waals surface area contributed by atoms with Gasteiger partial charge in [0.25, 0.3) is 0 Å². The highest BCUT2D eigenvalue weighted by atomic mass is 15.4. The van der Waals surface area contributed by atoms with Gasteiger partial charge in [-0.3, -0.25) is 5.43 Å². The van der Waals surface area contributed by atoms with E-state index in [4.69, 9.17) is 5.84 Å². The van der Waals surface area contributed by atoms with Gasteiger partial charge in [0.15, 0.2) is 0 Å². The van der Waals surface area contributed by atoms with Crippen LogP contribution in [-0.2, 0) is 0 Å². The van der Waals surface area contributed by atoms with Crippen LogP contribution >= 0.6 is 0 Å². The van der Waals surface area contributed by atoms with E-state index < -0.39 is 0 Å². The molecule has 0 radical (unpaired) electrons. The molecular weight excluding hydrogens is 176 g/mol. The Morgan fingerprint density at radius 2 is 2.21 bits per heavy atom. The maximum atomic E-state index is 5.50. The van der Waals surface area contributed by atoms with Crippen LogP contribution in [0, 0.1) is 5.92 Å². The molecule has 14 heavy (non-hydrogen) atoms. The average molecular weight is 196 g/mol.